The minimum atomic E-state index is 0.941. The van der Waals surface area contributed by atoms with Gasteiger partial charge in [0, 0.05) is 5.69 Å². The van der Waals surface area contributed by atoms with Crippen molar-refractivity contribution < 1.29 is 4.74 Å². The summed E-state index contributed by atoms with van der Waals surface area (Å²) in [5.74, 6) is 1.88. The van der Waals surface area contributed by atoms with Crippen LogP contribution in [0, 0.1) is 13.8 Å². The number of aryl methyl sites for hydroxylation is 3. The molecule has 5 rings (SSSR count). The molecule has 0 saturated heterocycles. The third-order valence-electron chi connectivity index (χ3n) is 5.54. The molecule has 0 unspecified atom stereocenters. The van der Waals surface area contributed by atoms with E-state index in [-0.39, 0.29) is 0 Å². The fourth-order valence-electron chi connectivity index (χ4n) is 4.25. The Balaban J connectivity index is 1.77. The van der Waals surface area contributed by atoms with Crippen molar-refractivity contribution in [3.05, 3.63) is 76.9 Å². The number of anilines is 3. The van der Waals surface area contributed by atoms with Crippen molar-refractivity contribution >= 4 is 17.1 Å². The van der Waals surface area contributed by atoms with Crippen LogP contribution in [0.1, 0.15) is 35.1 Å². The zero-order valence-corrected chi connectivity index (χ0v) is 15.4. The van der Waals surface area contributed by atoms with E-state index in [9.17, 15) is 0 Å². The van der Waals surface area contributed by atoms with Gasteiger partial charge in [0.1, 0.15) is 0 Å². The van der Waals surface area contributed by atoms with E-state index in [4.69, 9.17) is 4.74 Å². The molecule has 3 aromatic carbocycles. The maximum Gasteiger partial charge on any atom is 0.151 e. The molecular formula is C24H23NO. The van der Waals surface area contributed by atoms with E-state index in [1.54, 1.807) is 0 Å². The standard InChI is InChI=1S/C24H23NO/c1-16-10-12-21-23(14-16)26-24-15-17(2)11-13-22(24)25(21)20-9-5-7-18-6-3-4-8-19(18)20/h5,7,9-15H,3-4,6,8H2,1-2H3. The molecule has 0 bridgehead atoms. The number of nitrogens with zero attached hydrogens (tertiary/aromatic N) is 1. The van der Waals surface area contributed by atoms with Gasteiger partial charge in [-0.15, -0.1) is 0 Å². The average Bonchev–Trinajstić information content (AvgIpc) is 2.65. The van der Waals surface area contributed by atoms with Gasteiger partial charge in [-0.3, -0.25) is 0 Å². The van der Waals surface area contributed by atoms with Crippen molar-refractivity contribution in [2.24, 2.45) is 0 Å². The lowest BCUT2D eigenvalue weighted by atomic mass is 9.89. The molecular weight excluding hydrogens is 318 g/mol. The van der Waals surface area contributed by atoms with Gasteiger partial charge in [-0.25, -0.2) is 0 Å². The van der Waals surface area contributed by atoms with Gasteiger partial charge >= 0.3 is 0 Å². The fourth-order valence-corrected chi connectivity index (χ4v) is 4.25. The predicted molar refractivity (Wildman–Crippen MR) is 107 cm³/mol. The summed E-state index contributed by atoms with van der Waals surface area (Å²) in [6.07, 6.45) is 4.92. The highest BCUT2D eigenvalue weighted by molar-refractivity contribution is 5.88. The fraction of sp³-hybridized carbons (Fsp3) is 0.250. The quantitative estimate of drug-likeness (QED) is 0.379. The molecule has 2 heteroatoms. The molecule has 2 nitrogen and oxygen atoms in total. The minimum Gasteiger partial charge on any atom is -0.453 e. The molecule has 0 spiro atoms. The number of ether oxygens (including phenoxy) is 1. The largest absolute Gasteiger partial charge is 0.453 e. The normalized spacial score (nSPS) is 14.9. The van der Waals surface area contributed by atoms with Crippen LogP contribution in [0.4, 0.5) is 17.1 Å². The summed E-state index contributed by atoms with van der Waals surface area (Å²) in [5, 5.41) is 0. The van der Waals surface area contributed by atoms with Crippen LogP contribution in [-0.4, -0.2) is 0 Å². The van der Waals surface area contributed by atoms with Crippen molar-refractivity contribution in [2.75, 3.05) is 4.90 Å². The number of hydrogen-bond acceptors (Lipinski definition) is 2. The van der Waals surface area contributed by atoms with Crippen LogP contribution in [-0.2, 0) is 12.8 Å². The molecule has 1 aliphatic carbocycles. The summed E-state index contributed by atoms with van der Waals surface area (Å²) in [5.41, 5.74) is 9.00. The van der Waals surface area contributed by atoms with Crippen LogP contribution < -0.4 is 9.64 Å². The second-order valence-corrected chi connectivity index (χ2v) is 7.50. The molecule has 0 radical (unpaired) electrons. The van der Waals surface area contributed by atoms with Crippen LogP contribution in [0.2, 0.25) is 0 Å². The van der Waals surface area contributed by atoms with Gasteiger partial charge in [0.2, 0.25) is 0 Å². The molecule has 3 aromatic rings. The first-order valence-corrected chi connectivity index (χ1v) is 9.51. The molecule has 0 aromatic heterocycles. The summed E-state index contributed by atoms with van der Waals surface area (Å²) in [4.78, 5) is 2.40. The Morgan fingerprint density at radius 1 is 0.731 bits per heavy atom. The average molecular weight is 341 g/mol. The maximum absolute atomic E-state index is 6.29. The van der Waals surface area contributed by atoms with Gasteiger partial charge < -0.3 is 9.64 Å². The number of fused-ring (bicyclic) bond motifs is 3. The van der Waals surface area contributed by atoms with Crippen LogP contribution in [0.25, 0.3) is 0 Å². The van der Waals surface area contributed by atoms with Crippen molar-refractivity contribution in [1.82, 2.24) is 0 Å². The monoisotopic (exact) mass is 341 g/mol. The second kappa shape index (κ2) is 5.91. The topological polar surface area (TPSA) is 12.5 Å². The smallest absolute Gasteiger partial charge is 0.151 e. The lowest BCUT2D eigenvalue weighted by molar-refractivity contribution is 0.476. The Bertz CT molecular complexity index is 954. The van der Waals surface area contributed by atoms with Crippen molar-refractivity contribution in [3.8, 4) is 11.5 Å². The van der Waals surface area contributed by atoms with Gasteiger partial charge in [-0.1, -0.05) is 24.3 Å². The van der Waals surface area contributed by atoms with E-state index >= 15 is 0 Å². The first kappa shape index (κ1) is 15.5. The Morgan fingerprint density at radius 2 is 1.38 bits per heavy atom. The third kappa shape index (κ3) is 2.40. The summed E-state index contributed by atoms with van der Waals surface area (Å²) in [7, 11) is 0. The second-order valence-electron chi connectivity index (χ2n) is 7.50. The molecule has 2 aliphatic rings. The Hall–Kier alpha value is -2.74. The minimum absolute atomic E-state index is 0.941. The van der Waals surface area contributed by atoms with Crippen LogP contribution >= 0.6 is 0 Å². The van der Waals surface area contributed by atoms with E-state index in [0.717, 1.165) is 29.3 Å². The van der Waals surface area contributed by atoms with Gasteiger partial charge in [0.15, 0.2) is 11.5 Å². The zero-order valence-electron chi connectivity index (χ0n) is 15.4. The molecule has 1 aliphatic heterocycles. The van der Waals surface area contributed by atoms with Crippen LogP contribution in [0.5, 0.6) is 11.5 Å². The first-order valence-electron chi connectivity index (χ1n) is 9.51. The SMILES string of the molecule is Cc1ccc2c(c1)Oc1cc(C)ccc1N2c1cccc2c1CCCC2. The number of rotatable bonds is 1. The first-order chi connectivity index (χ1) is 12.7. The molecule has 130 valence electrons. The molecule has 0 atom stereocenters. The predicted octanol–water partition coefficient (Wildman–Crippen LogP) is 6.76. The highest BCUT2D eigenvalue weighted by Gasteiger charge is 2.28. The molecule has 0 saturated carbocycles. The molecule has 0 amide bonds. The van der Waals surface area contributed by atoms with E-state index < -0.39 is 0 Å². The Kier molecular flexibility index (Phi) is 3.53. The van der Waals surface area contributed by atoms with Gasteiger partial charge in [-0.2, -0.15) is 0 Å². The summed E-state index contributed by atoms with van der Waals surface area (Å²) >= 11 is 0. The number of benzene rings is 3. The Morgan fingerprint density at radius 3 is 2.08 bits per heavy atom. The van der Waals surface area contributed by atoms with E-state index in [2.05, 4.69) is 73.3 Å². The zero-order chi connectivity index (χ0) is 17.7. The summed E-state index contributed by atoms with van der Waals surface area (Å²) in [6.45, 7) is 4.23. The van der Waals surface area contributed by atoms with Crippen molar-refractivity contribution in [1.29, 1.82) is 0 Å². The van der Waals surface area contributed by atoms with Gasteiger partial charge in [-0.05, 0) is 92.1 Å². The Labute approximate surface area is 155 Å². The highest BCUT2D eigenvalue weighted by Crippen LogP contribution is 2.52. The van der Waals surface area contributed by atoms with Gasteiger partial charge in [0.25, 0.3) is 0 Å². The lowest BCUT2D eigenvalue weighted by Crippen LogP contribution is -2.19. The lowest BCUT2D eigenvalue weighted by Gasteiger charge is -2.35. The van der Waals surface area contributed by atoms with Crippen LogP contribution in [0.3, 0.4) is 0 Å². The number of hydrogen-bond donors (Lipinski definition) is 0. The van der Waals surface area contributed by atoms with Gasteiger partial charge in [0.05, 0.1) is 11.4 Å². The molecule has 0 N–H and O–H groups in total. The van der Waals surface area contributed by atoms with Crippen LogP contribution in [0.15, 0.2) is 54.6 Å². The van der Waals surface area contributed by atoms with Crippen molar-refractivity contribution in [3.63, 3.8) is 0 Å². The maximum atomic E-state index is 6.29. The third-order valence-corrected chi connectivity index (χ3v) is 5.54. The van der Waals surface area contributed by atoms with E-state index in [1.807, 2.05) is 0 Å². The van der Waals surface area contributed by atoms with E-state index in [1.165, 1.54) is 47.2 Å². The summed E-state index contributed by atoms with van der Waals surface area (Å²) in [6, 6.07) is 19.8. The molecule has 26 heavy (non-hydrogen) atoms. The highest BCUT2D eigenvalue weighted by atomic mass is 16.5. The summed E-state index contributed by atoms with van der Waals surface area (Å²) < 4.78 is 6.29. The molecule has 1 heterocycles. The molecule has 0 fully saturated rings. The van der Waals surface area contributed by atoms with Crippen molar-refractivity contribution in [2.45, 2.75) is 39.5 Å². The van der Waals surface area contributed by atoms with E-state index in [0.29, 0.717) is 0 Å².